The fourth-order valence-corrected chi connectivity index (χ4v) is 0.433. The van der Waals surface area contributed by atoms with E-state index in [9.17, 15) is 0 Å². The molecule has 0 saturated carbocycles. The van der Waals surface area contributed by atoms with Gasteiger partial charge >= 0.3 is 0 Å². The molecule has 0 bridgehead atoms. The molecule has 0 aromatic heterocycles. The molecule has 0 spiro atoms. The molecule has 7 heavy (non-hydrogen) atoms. The predicted molar refractivity (Wildman–Crippen MR) is 30.2 cm³/mol. The van der Waals surface area contributed by atoms with Crippen LogP contribution in [0.5, 0.6) is 0 Å². The molecule has 0 rings (SSSR count). The zero-order valence-corrected chi connectivity index (χ0v) is 4.65. The predicted octanol–water partition coefficient (Wildman–Crippen LogP) is -0.684. The highest BCUT2D eigenvalue weighted by Crippen LogP contribution is 1.91. The van der Waals surface area contributed by atoms with Crippen LogP contribution in [0.3, 0.4) is 0 Å². The highest BCUT2D eigenvalue weighted by Gasteiger charge is 2.07. The largest absolute Gasteiger partial charge is 0.301 e. The third kappa shape index (κ3) is 5.88. The van der Waals surface area contributed by atoms with Crippen molar-refractivity contribution >= 4 is 0 Å². The average Bonchev–Trinajstić information content (AvgIpc) is 1.30. The summed E-state index contributed by atoms with van der Waals surface area (Å²) < 4.78 is 0. The maximum Gasteiger partial charge on any atom is 0.115 e. The summed E-state index contributed by atoms with van der Waals surface area (Å²) in [7, 11) is 0. The zero-order chi connectivity index (χ0) is 5.91. The van der Waals surface area contributed by atoms with Crippen LogP contribution in [0.25, 0.3) is 0 Å². The molecule has 0 unspecified atom stereocenters. The van der Waals surface area contributed by atoms with Gasteiger partial charge in [0.1, 0.15) is 5.79 Å². The van der Waals surface area contributed by atoms with Gasteiger partial charge in [0.25, 0.3) is 0 Å². The van der Waals surface area contributed by atoms with E-state index in [-0.39, 0.29) is 0 Å². The first-order chi connectivity index (χ1) is 3.06. The molecular formula is C4H13N3. The van der Waals surface area contributed by atoms with Crippen molar-refractivity contribution in [3.8, 4) is 0 Å². The molecule has 3 heteroatoms. The van der Waals surface area contributed by atoms with E-state index in [1.807, 2.05) is 6.92 Å². The third-order valence-corrected chi connectivity index (χ3v) is 0.683. The summed E-state index contributed by atoms with van der Waals surface area (Å²) in [5.74, 6) is -0.950. The van der Waals surface area contributed by atoms with Crippen LogP contribution in [-0.4, -0.2) is 5.79 Å². The van der Waals surface area contributed by atoms with E-state index >= 15 is 0 Å². The quantitative estimate of drug-likeness (QED) is 0.405. The van der Waals surface area contributed by atoms with Gasteiger partial charge in [0.15, 0.2) is 0 Å². The molecule has 0 aliphatic heterocycles. The molecule has 0 atom stereocenters. The van der Waals surface area contributed by atoms with Crippen molar-refractivity contribution in [1.29, 1.82) is 0 Å². The minimum Gasteiger partial charge on any atom is -0.301 e. The van der Waals surface area contributed by atoms with Crippen molar-refractivity contribution in [2.24, 2.45) is 17.2 Å². The normalized spacial score (nSPS) is 12.0. The van der Waals surface area contributed by atoms with Gasteiger partial charge in [-0.1, -0.05) is 13.3 Å². The first-order valence-corrected chi connectivity index (χ1v) is 2.43. The van der Waals surface area contributed by atoms with Crippen LogP contribution >= 0.6 is 0 Å². The van der Waals surface area contributed by atoms with Crippen molar-refractivity contribution in [3.63, 3.8) is 0 Å². The first kappa shape index (κ1) is 6.88. The van der Waals surface area contributed by atoms with Crippen LogP contribution in [0.1, 0.15) is 19.8 Å². The molecule has 0 aliphatic carbocycles. The number of hydrogen-bond acceptors (Lipinski definition) is 3. The van der Waals surface area contributed by atoms with Crippen LogP contribution in [-0.2, 0) is 0 Å². The maximum atomic E-state index is 5.20. The molecule has 0 amide bonds. The second-order valence-corrected chi connectivity index (χ2v) is 1.86. The molecule has 3 nitrogen and oxygen atoms in total. The summed E-state index contributed by atoms with van der Waals surface area (Å²) in [6.45, 7) is 1.99. The minimum atomic E-state index is -0.950. The zero-order valence-electron chi connectivity index (χ0n) is 4.65. The monoisotopic (exact) mass is 103 g/mol. The second-order valence-electron chi connectivity index (χ2n) is 1.86. The fourth-order valence-electron chi connectivity index (χ4n) is 0.433. The molecule has 44 valence electrons. The van der Waals surface area contributed by atoms with Crippen LogP contribution in [0.4, 0.5) is 0 Å². The van der Waals surface area contributed by atoms with Crippen LogP contribution < -0.4 is 17.2 Å². The van der Waals surface area contributed by atoms with Gasteiger partial charge in [-0.2, -0.15) is 0 Å². The Morgan fingerprint density at radius 2 is 1.71 bits per heavy atom. The Kier molecular flexibility index (Phi) is 2.22. The van der Waals surface area contributed by atoms with Crippen molar-refractivity contribution in [3.05, 3.63) is 0 Å². The Morgan fingerprint density at radius 1 is 1.29 bits per heavy atom. The fraction of sp³-hybridized carbons (Fsp3) is 1.00. The lowest BCUT2D eigenvalue weighted by Gasteiger charge is -2.15. The molecule has 0 radical (unpaired) electrons. The first-order valence-electron chi connectivity index (χ1n) is 2.43. The summed E-state index contributed by atoms with van der Waals surface area (Å²) in [5, 5.41) is 0. The smallest absolute Gasteiger partial charge is 0.115 e. The van der Waals surface area contributed by atoms with Gasteiger partial charge in [-0.25, -0.2) is 0 Å². The van der Waals surface area contributed by atoms with E-state index in [1.165, 1.54) is 0 Å². The molecule has 0 aromatic carbocycles. The van der Waals surface area contributed by atoms with E-state index in [2.05, 4.69) is 0 Å². The SMILES string of the molecule is CCCC(N)(N)N. The topological polar surface area (TPSA) is 78.1 Å². The lowest BCUT2D eigenvalue weighted by molar-refractivity contribution is 0.420. The molecule has 6 N–H and O–H groups in total. The van der Waals surface area contributed by atoms with E-state index < -0.39 is 5.79 Å². The Morgan fingerprint density at radius 3 is 1.71 bits per heavy atom. The molecule has 0 saturated heterocycles. The van der Waals surface area contributed by atoms with Crippen LogP contribution in [0.2, 0.25) is 0 Å². The number of hydrogen-bond donors (Lipinski definition) is 3. The highest BCUT2D eigenvalue weighted by molar-refractivity contribution is 4.64. The Bertz CT molecular complexity index is 45.4. The molecule has 0 heterocycles. The molecule has 0 aromatic rings. The Hall–Kier alpha value is -0.120. The van der Waals surface area contributed by atoms with Gasteiger partial charge in [-0.15, -0.1) is 0 Å². The number of nitrogens with two attached hydrogens (primary N) is 3. The summed E-state index contributed by atoms with van der Waals surface area (Å²) in [6, 6.07) is 0. The lowest BCUT2D eigenvalue weighted by atomic mass is 10.2. The van der Waals surface area contributed by atoms with Gasteiger partial charge < -0.3 is 17.2 Å². The van der Waals surface area contributed by atoms with E-state index in [4.69, 9.17) is 17.2 Å². The summed E-state index contributed by atoms with van der Waals surface area (Å²) >= 11 is 0. The number of rotatable bonds is 2. The van der Waals surface area contributed by atoms with Gasteiger partial charge in [-0.05, 0) is 6.42 Å². The van der Waals surface area contributed by atoms with E-state index in [1.54, 1.807) is 0 Å². The third-order valence-electron chi connectivity index (χ3n) is 0.683. The Labute approximate surface area is 43.9 Å². The lowest BCUT2D eigenvalue weighted by Crippen LogP contribution is -2.57. The summed E-state index contributed by atoms with van der Waals surface area (Å²) in [5.41, 5.74) is 15.6. The second kappa shape index (κ2) is 2.26. The van der Waals surface area contributed by atoms with Crippen molar-refractivity contribution in [1.82, 2.24) is 0 Å². The van der Waals surface area contributed by atoms with E-state index in [0.29, 0.717) is 6.42 Å². The maximum absolute atomic E-state index is 5.20. The van der Waals surface area contributed by atoms with Crippen molar-refractivity contribution in [2.45, 2.75) is 25.6 Å². The average molecular weight is 103 g/mol. The van der Waals surface area contributed by atoms with Crippen LogP contribution in [0.15, 0.2) is 0 Å². The highest BCUT2D eigenvalue weighted by atomic mass is 15.1. The molecular weight excluding hydrogens is 90.1 g/mol. The van der Waals surface area contributed by atoms with Gasteiger partial charge in [0.05, 0.1) is 0 Å². The summed E-state index contributed by atoms with van der Waals surface area (Å²) in [6.07, 6.45) is 1.61. The molecule has 0 fully saturated rings. The van der Waals surface area contributed by atoms with Gasteiger partial charge in [-0.3, -0.25) is 0 Å². The van der Waals surface area contributed by atoms with E-state index in [0.717, 1.165) is 6.42 Å². The molecule has 0 aliphatic rings. The van der Waals surface area contributed by atoms with Crippen molar-refractivity contribution in [2.75, 3.05) is 0 Å². The summed E-state index contributed by atoms with van der Waals surface area (Å²) in [4.78, 5) is 0. The van der Waals surface area contributed by atoms with Crippen molar-refractivity contribution < 1.29 is 0 Å². The van der Waals surface area contributed by atoms with Gasteiger partial charge in [0, 0.05) is 0 Å². The Balaban J connectivity index is 3.15. The van der Waals surface area contributed by atoms with Crippen LogP contribution in [0, 0.1) is 0 Å². The standard InChI is InChI=1S/C4H13N3/c1-2-3-4(5,6)7/h2-3,5-7H2,1H3. The van der Waals surface area contributed by atoms with Gasteiger partial charge in [0.2, 0.25) is 0 Å². The minimum absolute atomic E-state index is 0.674.